The van der Waals surface area contributed by atoms with Gasteiger partial charge in [-0.15, -0.1) is 0 Å². The Labute approximate surface area is 151 Å². The Bertz CT molecular complexity index is 1020. The van der Waals surface area contributed by atoms with Gasteiger partial charge in [0, 0.05) is 41.2 Å². The highest BCUT2D eigenvalue weighted by Crippen LogP contribution is 2.42. The molecule has 4 heterocycles. The van der Waals surface area contributed by atoms with Crippen LogP contribution >= 0.6 is 0 Å². The highest BCUT2D eigenvalue weighted by Gasteiger charge is 2.42. The maximum Gasteiger partial charge on any atom is 0.337 e. The Hall–Kier alpha value is -2.82. The van der Waals surface area contributed by atoms with Gasteiger partial charge in [0.1, 0.15) is 6.10 Å². The Kier molecular flexibility index (Phi) is 3.32. The predicted molar refractivity (Wildman–Crippen MR) is 97.7 cm³/mol. The van der Waals surface area contributed by atoms with Gasteiger partial charge in [-0.1, -0.05) is 18.2 Å². The number of rotatable bonds is 1. The molecule has 0 unspecified atom stereocenters. The monoisotopic (exact) mass is 348 g/mol. The lowest BCUT2D eigenvalue weighted by atomic mass is 9.75. The highest BCUT2D eigenvalue weighted by atomic mass is 16.5. The van der Waals surface area contributed by atoms with Gasteiger partial charge in [0.25, 0.3) is 0 Å². The van der Waals surface area contributed by atoms with Gasteiger partial charge >= 0.3 is 5.97 Å². The molecule has 5 nitrogen and oxygen atoms in total. The molecule has 3 atom stereocenters. The quantitative estimate of drug-likeness (QED) is 0.633. The van der Waals surface area contributed by atoms with Crippen LogP contribution in [0.15, 0.2) is 48.4 Å². The van der Waals surface area contributed by atoms with Crippen LogP contribution in [0.25, 0.3) is 22.2 Å². The van der Waals surface area contributed by atoms with Crippen LogP contribution in [0.3, 0.4) is 0 Å². The summed E-state index contributed by atoms with van der Waals surface area (Å²) < 4.78 is 13.0. The van der Waals surface area contributed by atoms with E-state index in [-0.39, 0.29) is 23.9 Å². The van der Waals surface area contributed by atoms with Crippen molar-refractivity contribution < 1.29 is 14.3 Å². The molecular formula is C21H20N2O3. The fourth-order valence-corrected chi connectivity index (χ4v) is 4.49. The highest BCUT2D eigenvalue weighted by molar-refractivity contribution is 5.98. The summed E-state index contributed by atoms with van der Waals surface area (Å²) >= 11 is 0. The number of aromatic nitrogens is 2. The molecule has 0 saturated carbocycles. The number of hydrogen-bond acceptors (Lipinski definition) is 4. The van der Waals surface area contributed by atoms with Crippen LogP contribution < -0.4 is 0 Å². The third-order valence-corrected chi connectivity index (χ3v) is 5.89. The molecular weight excluding hydrogens is 328 g/mol. The number of esters is 1. The van der Waals surface area contributed by atoms with E-state index in [0.717, 1.165) is 24.2 Å². The number of benzene rings is 1. The molecule has 4 aliphatic rings. The number of carbonyl (C=O) groups is 1. The van der Waals surface area contributed by atoms with Crippen molar-refractivity contribution in [3.05, 3.63) is 54.1 Å². The lowest BCUT2D eigenvalue weighted by Gasteiger charge is -2.41. The zero-order chi connectivity index (χ0) is 17.8. The van der Waals surface area contributed by atoms with Gasteiger partial charge in [-0.2, -0.15) is 0 Å². The lowest BCUT2D eigenvalue weighted by molar-refractivity contribution is -0.138. The van der Waals surface area contributed by atoms with Crippen molar-refractivity contribution in [1.82, 2.24) is 9.55 Å². The number of methoxy groups -OCH3 is 1. The van der Waals surface area contributed by atoms with Crippen molar-refractivity contribution in [2.24, 2.45) is 11.8 Å². The number of para-hydroxylation sites is 1. The molecule has 26 heavy (non-hydrogen) atoms. The molecule has 0 aromatic heterocycles. The maximum absolute atomic E-state index is 12.3. The molecule has 0 saturated heterocycles. The standard InChI is InChI=1S/C21H20N2O3/c1-12-16-10-23-8-7-14-13-5-3-4-6-18(13)22-20(14)19(23)9-15(16)17(11-26-12)21(24)25-2/h3-8,11-12,15-16H,9-10H2,1-2H3/t12-,15-,16-/m1/s1. The van der Waals surface area contributed by atoms with Crippen LogP contribution in [-0.4, -0.2) is 28.7 Å². The number of pyridine rings is 1. The summed E-state index contributed by atoms with van der Waals surface area (Å²) in [6, 6.07) is 10.4. The van der Waals surface area contributed by atoms with Crippen molar-refractivity contribution in [3.8, 4) is 11.3 Å². The topological polar surface area (TPSA) is 53.4 Å². The molecule has 5 rings (SSSR count). The third kappa shape index (κ3) is 2.09. The van der Waals surface area contributed by atoms with E-state index >= 15 is 0 Å². The summed E-state index contributed by atoms with van der Waals surface area (Å²) in [5.41, 5.74) is 5.05. The average Bonchev–Trinajstić information content (AvgIpc) is 3.06. The van der Waals surface area contributed by atoms with Crippen LogP contribution in [-0.2, 0) is 27.2 Å². The Morgan fingerprint density at radius 1 is 1.31 bits per heavy atom. The van der Waals surface area contributed by atoms with Crippen LogP contribution in [0, 0.1) is 11.8 Å². The SMILES string of the molecule is COC(=O)C1=CO[C@H](C)[C@H]2Cn3ccc4c5ccccc5nc-4c3C[C@@H]12. The minimum absolute atomic E-state index is 0.0662. The minimum atomic E-state index is -0.298. The van der Waals surface area contributed by atoms with Gasteiger partial charge in [-0.25, -0.2) is 9.78 Å². The molecule has 0 fully saturated rings. The smallest absolute Gasteiger partial charge is 0.337 e. The van der Waals surface area contributed by atoms with Gasteiger partial charge in [0.05, 0.1) is 30.2 Å². The summed E-state index contributed by atoms with van der Waals surface area (Å²) in [5, 5.41) is 1.18. The zero-order valence-electron chi connectivity index (χ0n) is 14.8. The summed E-state index contributed by atoms with van der Waals surface area (Å²) in [6.07, 6.45) is 4.57. The second kappa shape index (κ2) is 5.59. The van der Waals surface area contributed by atoms with Crippen LogP contribution in [0.1, 0.15) is 12.6 Å². The Morgan fingerprint density at radius 2 is 2.15 bits per heavy atom. The van der Waals surface area contributed by atoms with Crippen LogP contribution in [0.4, 0.5) is 0 Å². The van der Waals surface area contributed by atoms with Gasteiger partial charge in [0.2, 0.25) is 0 Å². The van der Waals surface area contributed by atoms with Crippen molar-refractivity contribution >= 4 is 16.9 Å². The normalized spacial score (nSPS) is 24.5. The second-order valence-electron chi connectivity index (χ2n) is 7.19. The molecule has 0 bridgehead atoms. The van der Waals surface area contributed by atoms with E-state index in [0.29, 0.717) is 5.57 Å². The molecule has 132 valence electrons. The summed E-state index contributed by atoms with van der Waals surface area (Å²) in [4.78, 5) is 17.1. The van der Waals surface area contributed by atoms with Crippen LogP contribution in [0.5, 0.6) is 0 Å². The third-order valence-electron chi connectivity index (χ3n) is 5.89. The van der Waals surface area contributed by atoms with Crippen molar-refractivity contribution in [1.29, 1.82) is 0 Å². The van der Waals surface area contributed by atoms with E-state index < -0.39 is 0 Å². The number of fused-ring (bicyclic) bond motifs is 6. The summed E-state index contributed by atoms with van der Waals surface area (Å²) in [7, 11) is 1.42. The zero-order valence-corrected chi connectivity index (χ0v) is 14.8. The van der Waals surface area contributed by atoms with Crippen molar-refractivity contribution in [3.63, 3.8) is 0 Å². The van der Waals surface area contributed by atoms with E-state index in [4.69, 9.17) is 14.5 Å². The molecule has 0 spiro atoms. The molecule has 4 aliphatic heterocycles. The largest absolute Gasteiger partial charge is 0.497 e. The Balaban J connectivity index is 1.66. The number of nitrogens with zero attached hydrogens (tertiary/aromatic N) is 2. The first-order chi connectivity index (χ1) is 12.7. The Morgan fingerprint density at radius 3 is 3.00 bits per heavy atom. The average molecular weight is 348 g/mol. The van der Waals surface area contributed by atoms with E-state index in [2.05, 4.69) is 29.8 Å². The molecule has 1 aromatic carbocycles. The van der Waals surface area contributed by atoms with Crippen molar-refractivity contribution in [2.75, 3.05) is 7.11 Å². The van der Waals surface area contributed by atoms with Gasteiger partial charge < -0.3 is 14.0 Å². The first kappa shape index (κ1) is 15.4. The minimum Gasteiger partial charge on any atom is -0.497 e. The van der Waals surface area contributed by atoms with Gasteiger partial charge in [-0.05, 0) is 25.5 Å². The number of carbonyl (C=O) groups excluding carboxylic acids is 1. The predicted octanol–water partition coefficient (Wildman–Crippen LogP) is 3.41. The maximum atomic E-state index is 12.3. The van der Waals surface area contributed by atoms with E-state index in [1.54, 1.807) is 6.26 Å². The summed E-state index contributed by atoms with van der Waals surface area (Å²) in [5.74, 6) is 0.0400. The fraction of sp³-hybridized carbons (Fsp3) is 0.333. The number of hydrogen-bond donors (Lipinski definition) is 0. The van der Waals surface area contributed by atoms with Gasteiger partial charge in [-0.3, -0.25) is 0 Å². The van der Waals surface area contributed by atoms with E-state index in [1.807, 2.05) is 18.2 Å². The first-order valence-corrected chi connectivity index (χ1v) is 8.97. The molecule has 0 radical (unpaired) electrons. The second-order valence-corrected chi connectivity index (χ2v) is 7.19. The molecule has 1 aromatic rings. The van der Waals surface area contributed by atoms with Gasteiger partial charge in [0.15, 0.2) is 0 Å². The van der Waals surface area contributed by atoms with E-state index in [1.165, 1.54) is 23.8 Å². The lowest BCUT2D eigenvalue weighted by Crippen LogP contribution is -2.42. The molecule has 5 heteroatoms. The van der Waals surface area contributed by atoms with Crippen LogP contribution in [0.2, 0.25) is 0 Å². The fourth-order valence-electron chi connectivity index (χ4n) is 4.49. The molecule has 0 aliphatic carbocycles. The molecule has 0 amide bonds. The number of ether oxygens (including phenoxy) is 2. The van der Waals surface area contributed by atoms with E-state index in [9.17, 15) is 4.79 Å². The molecule has 0 N–H and O–H groups in total. The first-order valence-electron chi connectivity index (χ1n) is 8.97. The van der Waals surface area contributed by atoms with Crippen molar-refractivity contribution in [2.45, 2.75) is 26.0 Å². The summed E-state index contributed by atoms with van der Waals surface area (Å²) in [6.45, 7) is 2.88.